The first kappa shape index (κ1) is 20.5. The van der Waals surface area contributed by atoms with Crippen LogP contribution in [0.5, 0.6) is 11.5 Å². The fraction of sp³-hybridized carbons (Fsp3) is 0.0400. The Balaban J connectivity index is 1.77. The smallest absolute Gasteiger partial charge is 0.328 e. The highest BCUT2D eigenvalue weighted by atomic mass is 32.1. The molecule has 0 saturated heterocycles. The molecule has 4 nitrogen and oxygen atoms in total. The van der Waals surface area contributed by atoms with Gasteiger partial charge < -0.3 is 9.84 Å². The average molecular weight is 432 g/mol. The van der Waals surface area contributed by atoms with Crippen molar-refractivity contribution >= 4 is 39.3 Å². The maximum atomic E-state index is 13.8. The number of ether oxygens (including phenoxy) is 1. The second-order valence-electron chi connectivity index (χ2n) is 6.89. The zero-order chi connectivity index (χ0) is 22.0. The lowest BCUT2D eigenvalue weighted by atomic mass is 10.1. The summed E-state index contributed by atoms with van der Waals surface area (Å²) in [5.74, 6) is -0.738. The van der Waals surface area contributed by atoms with Crippen LogP contribution in [0.3, 0.4) is 0 Å². The Hall–Kier alpha value is -3.77. The fourth-order valence-electron chi connectivity index (χ4n) is 3.20. The minimum Gasteiger partial charge on any atom is -0.478 e. The lowest BCUT2D eigenvalue weighted by molar-refractivity contribution is -0.131. The summed E-state index contributed by atoms with van der Waals surface area (Å²) < 4.78 is 20.5. The van der Waals surface area contributed by atoms with Gasteiger partial charge in [0.25, 0.3) is 0 Å². The highest BCUT2D eigenvalue weighted by Gasteiger charge is 2.22. The monoisotopic (exact) mass is 432 g/mol. The zero-order valence-corrected chi connectivity index (χ0v) is 17.3. The molecule has 3 aromatic carbocycles. The van der Waals surface area contributed by atoms with Gasteiger partial charge in [0, 0.05) is 21.7 Å². The third-order valence-corrected chi connectivity index (χ3v) is 5.85. The minimum absolute atomic E-state index is 0.199. The maximum absolute atomic E-state index is 13.8. The van der Waals surface area contributed by atoms with E-state index in [1.807, 2.05) is 13.0 Å². The Morgan fingerprint density at radius 3 is 2.52 bits per heavy atom. The number of carbonyl (C=O) groups excluding carboxylic acids is 1. The fourth-order valence-corrected chi connectivity index (χ4v) is 4.31. The number of aliphatic carboxylic acids is 1. The first-order valence-electron chi connectivity index (χ1n) is 9.43. The number of carboxylic acids is 1. The van der Waals surface area contributed by atoms with E-state index < -0.39 is 5.97 Å². The van der Waals surface area contributed by atoms with Crippen molar-refractivity contribution in [3.05, 3.63) is 100 Å². The maximum Gasteiger partial charge on any atom is 0.328 e. The summed E-state index contributed by atoms with van der Waals surface area (Å²) in [6.07, 6.45) is 2.58. The Labute approximate surface area is 181 Å². The number of thiophene rings is 1. The molecule has 1 aromatic heterocycles. The normalized spacial score (nSPS) is 11.2. The Morgan fingerprint density at radius 1 is 1.03 bits per heavy atom. The third-order valence-electron chi connectivity index (χ3n) is 4.72. The van der Waals surface area contributed by atoms with E-state index in [4.69, 9.17) is 9.84 Å². The van der Waals surface area contributed by atoms with Crippen molar-refractivity contribution < 1.29 is 23.8 Å². The first-order chi connectivity index (χ1) is 14.9. The van der Waals surface area contributed by atoms with Crippen LogP contribution in [-0.2, 0) is 4.79 Å². The second-order valence-corrected chi connectivity index (χ2v) is 7.94. The minimum atomic E-state index is -1.03. The summed E-state index contributed by atoms with van der Waals surface area (Å²) >= 11 is 1.19. The molecule has 31 heavy (non-hydrogen) atoms. The van der Waals surface area contributed by atoms with E-state index in [2.05, 4.69) is 0 Å². The molecule has 0 saturated carbocycles. The van der Waals surface area contributed by atoms with Crippen LogP contribution in [-0.4, -0.2) is 16.9 Å². The van der Waals surface area contributed by atoms with Crippen molar-refractivity contribution in [3.63, 3.8) is 0 Å². The summed E-state index contributed by atoms with van der Waals surface area (Å²) in [7, 11) is 0. The van der Waals surface area contributed by atoms with E-state index in [1.54, 1.807) is 48.5 Å². The average Bonchev–Trinajstić information content (AvgIpc) is 3.10. The predicted octanol–water partition coefficient (Wildman–Crippen LogP) is 6.47. The molecule has 0 fully saturated rings. The van der Waals surface area contributed by atoms with E-state index in [9.17, 15) is 14.0 Å². The summed E-state index contributed by atoms with van der Waals surface area (Å²) in [6, 6.07) is 18.4. The summed E-state index contributed by atoms with van der Waals surface area (Å²) in [6.45, 7) is 1.84. The van der Waals surface area contributed by atoms with Gasteiger partial charge in [0.05, 0.1) is 0 Å². The van der Waals surface area contributed by atoms with Crippen molar-refractivity contribution in [2.45, 2.75) is 6.92 Å². The summed E-state index contributed by atoms with van der Waals surface area (Å²) in [5.41, 5.74) is 2.08. The number of fused-ring (bicyclic) bond motifs is 1. The largest absolute Gasteiger partial charge is 0.478 e. The predicted molar refractivity (Wildman–Crippen MR) is 120 cm³/mol. The number of ketones is 1. The summed E-state index contributed by atoms with van der Waals surface area (Å²) in [4.78, 5) is 24.3. The summed E-state index contributed by atoms with van der Waals surface area (Å²) in [5, 5.41) is 9.47. The van der Waals surface area contributed by atoms with Gasteiger partial charge in [0.1, 0.15) is 16.4 Å². The van der Waals surface area contributed by atoms with Crippen LogP contribution in [0.1, 0.15) is 26.4 Å². The van der Waals surface area contributed by atoms with Crippen molar-refractivity contribution in [2.75, 3.05) is 0 Å². The quantitative estimate of drug-likeness (QED) is 0.280. The SMILES string of the molecule is Cc1cc(Oc2c(C(=O)c3ccccc3)sc3cc(F)ccc23)ccc1/C=C/C(=O)O. The van der Waals surface area contributed by atoms with Gasteiger partial charge in [-0.2, -0.15) is 0 Å². The van der Waals surface area contributed by atoms with Crippen LogP contribution < -0.4 is 4.74 Å². The Morgan fingerprint density at radius 2 is 1.81 bits per heavy atom. The van der Waals surface area contributed by atoms with Gasteiger partial charge in [-0.1, -0.05) is 36.4 Å². The molecule has 4 rings (SSSR count). The highest BCUT2D eigenvalue weighted by Crippen LogP contribution is 2.42. The lowest BCUT2D eigenvalue weighted by Crippen LogP contribution is -2.00. The van der Waals surface area contributed by atoms with Gasteiger partial charge in [0.15, 0.2) is 5.75 Å². The molecule has 4 aromatic rings. The number of hydrogen-bond acceptors (Lipinski definition) is 4. The van der Waals surface area contributed by atoms with Crippen LogP contribution in [0, 0.1) is 12.7 Å². The third kappa shape index (κ3) is 4.39. The van der Waals surface area contributed by atoms with Gasteiger partial charge in [-0.05, 0) is 54.5 Å². The number of benzene rings is 3. The first-order valence-corrected chi connectivity index (χ1v) is 10.3. The molecule has 0 aliphatic carbocycles. The molecule has 0 aliphatic rings. The molecule has 0 atom stereocenters. The van der Waals surface area contributed by atoms with Gasteiger partial charge >= 0.3 is 5.97 Å². The molecular weight excluding hydrogens is 415 g/mol. The van der Waals surface area contributed by atoms with Gasteiger partial charge in [-0.25, -0.2) is 9.18 Å². The number of carboxylic acid groups (broad SMARTS) is 1. The standard InChI is InChI=1S/C25H17FO4S/c1-15-13-19(10-7-16(15)8-12-22(27)28)30-24-20-11-9-18(26)14-21(20)31-25(24)23(29)17-5-3-2-4-6-17/h2-14H,1H3,(H,27,28)/b12-8+. The van der Waals surface area contributed by atoms with Gasteiger partial charge in [0.2, 0.25) is 5.78 Å². The molecule has 0 amide bonds. The van der Waals surface area contributed by atoms with E-state index >= 15 is 0 Å². The van der Waals surface area contributed by atoms with Crippen molar-refractivity contribution in [1.29, 1.82) is 0 Å². The van der Waals surface area contributed by atoms with Crippen LogP contribution in [0.4, 0.5) is 4.39 Å². The molecule has 0 aliphatic heterocycles. The van der Waals surface area contributed by atoms with Gasteiger partial charge in [-0.3, -0.25) is 4.79 Å². The molecule has 1 N–H and O–H groups in total. The van der Waals surface area contributed by atoms with Crippen molar-refractivity contribution in [1.82, 2.24) is 0 Å². The molecule has 0 unspecified atom stereocenters. The number of aryl methyl sites for hydroxylation is 1. The van der Waals surface area contributed by atoms with E-state index in [0.29, 0.717) is 32.0 Å². The van der Waals surface area contributed by atoms with Crippen LogP contribution >= 0.6 is 11.3 Å². The lowest BCUT2D eigenvalue weighted by Gasteiger charge is -2.10. The number of hydrogen-bond donors (Lipinski definition) is 1. The number of halogens is 1. The van der Waals surface area contributed by atoms with E-state index in [1.165, 1.54) is 29.5 Å². The van der Waals surface area contributed by atoms with Crippen LogP contribution in [0.2, 0.25) is 0 Å². The molecule has 0 radical (unpaired) electrons. The van der Waals surface area contributed by atoms with Crippen molar-refractivity contribution in [2.24, 2.45) is 0 Å². The molecule has 6 heteroatoms. The van der Waals surface area contributed by atoms with Crippen LogP contribution in [0.25, 0.3) is 16.2 Å². The molecule has 1 heterocycles. The topological polar surface area (TPSA) is 63.6 Å². The Kier molecular flexibility index (Phi) is 5.64. The van der Waals surface area contributed by atoms with Crippen LogP contribution in [0.15, 0.2) is 72.8 Å². The molecular formula is C25H17FO4S. The van der Waals surface area contributed by atoms with Gasteiger partial charge in [-0.15, -0.1) is 11.3 Å². The number of carbonyl (C=O) groups is 2. The highest BCUT2D eigenvalue weighted by molar-refractivity contribution is 7.21. The second kappa shape index (κ2) is 8.53. The van der Waals surface area contributed by atoms with E-state index in [-0.39, 0.29) is 11.6 Å². The van der Waals surface area contributed by atoms with E-state index in [0.717, 1.165) is 17.2 Å². The molecule has 154 valence electrons. The molecule has 0 spiro atoms. The zero-order valence-electron chi connectivity index (χ0n) is 16.5. The van der Waals surface area contributed by atoms with Crippen molar-refractivity contribution in [3.8, 4) is 11.5 Å². The number of rotatable bonds is 6. The molecule has 0 bridgehead atoms. The Bertz CT molecular complexity index is 1320.